The van der Waals surface area contributed by atoms with Crippen LogP contribution < -0.4 is 554 Å². The van der Waals surface area contributed by atoms with Gasteiger partial charge in [-0.2, -0.15) is 22.1 Å². The molecule has 0 aliphatic carbocycles. The third-order valence-electron chi connectivity index (χ3n) is 0.175. The van der Waals surface area contributed by atoms with Gasteiger partial charge in [-0.25, -0.2) is 16.9 Å². The zero-order valence-electron chi connectivity index (χ0n) is 51.2. The number of nitrogens with one attached hydrogen (secondary N) is 10. The molecule has 0 saturated heterocycles. The van der Waals surface area contributed by atoms with E-state index in [0.29, 0.717) is 0 Å². The number of hydrogen-bond donors (Lipinski definition) is 11. The fourth-order valence-electron chi connectivity index (χ4n) is 0.0200. The predicted molar refractivity (Wildman–Crippen MR) is 692 cm³/mol. The first-order valence-electron chi connectivity index (χ1n) is 17.1. The number of hydrazine groups is 3. The van der Waals surface area contributed by atoms with E-state index in [9.17, 15) is 0 Å². The van der Waals surface area contributed by atoms with E-state index in [1.54, 1.807) is 5.22 Å². The molecule has 822 valence electrons. The van der Waals surface area contributed by atoms with Crippen molar-refractivity contribution in [3.63, 3.8) is 0 Å². The van der Waals surface area contributed by atoms with Crippen LogP contribution in [0.2, 0.25) is 18.4 Å². The zero-order chi connectivity index (χ0) is 45.7. The van der Waals surface area contributed by atoms with Crippen LogP contribution in [0.25, 0.3) is 28.6 Å². The fourth-order valence-corrected chi connectivity index (χ4v) is 0.0200. The first-order valence-corrected chi connectivity index (χ1v) is 71.1. The molecule has 0 aliphatic heterocycles. The first kappa shape index (κ1) is 852. The van der Waals surface area contributed by atoms with Crippen molar-refractivity contribution in [1.82, 2.24) is 22.7 Å². The minimum Gasteiger partial charge on any atom is -0.729 e. The summed E-state index contributed by atoms with van der Waals surface area (Å²) in [7, 11) is 0. The third kappa shape index (κ3) is 3560. The Hall–Kier alpha value is 25.7. The smallest absolute Gasteiger partial charge is 0.443 e. The molecule has 0 aromatic carbocycles. The molecule has 0 aromatic heterocycles. The average Bonchev–Trinajstić information content (AvgIpc) is 3.20. The summed E-state index contributed by atoms with van der Waals surface area (Å²) in [5.41, 5.74) is 25.4. The summed E-state index contributed by atoms with van der Waals surface area (Å²) < 4.78 is 120. The molecule has 123 heavy (non-hydrogen) atoms. The van der Waals surface area contributed by atoms with Gasteiger partial charge in [0.05, 0.1) is 0 Å². The molecule has 22 nitrogen and oxygen atoms in total. The minimum absolute atomic E-state index is 0. The van der Waals surface area contributed by atoms with Crippen LogP contribution in [0.1, 0.15) is 634 Å². The standard InChI is InChI=1S/83CH4.18K.H5N5.H4N4.H2N4.H3N3.HN3.HN2.H3N.6H2.2H/c;;;;;;;;;;;;;;;;;;;;;;;;;;;;;;;;;;;;;;;;;;;;;;;;;;;;;;;;;;;;;;;;;;;;;;;;;;;;;;;;;;;;;;;;;;;;;;;;;;;;;1-3-5-4-2;2*1-3-4-2;2*1-3-2;1-2;;;;;;;;;/h83*1H4;;;;;;;;;;;;;;;;;;;(H,3,4)(H4,1,2,5);(H2,1,4)(H2,2,3);(H2-2,1,2,3,4);(H3,1,2);(H-2,1,2);1H;1H3;6*1H;;/q;;;;;;;;;;;;;;;;;;;;;;;;;;;;;;;;;;;;;;;;;;;;;;;;;;;;;;;;;;;;;;;;;;;;;;;;;;;;;;;;;;;;;;;;;;;10*+1;;;-2;;-2;-1;;;;;;;;2*-1/i;;;;;;;;;;;;;;;;;;;;;;;;;;;;;;;;;;;;;;;;;;;;;;;;;;;;;;;;;;;;;;;;;;;;;;;;;;;;;;;;;;;;;;;;;;;;;;;;;;;;;;;;;;;;4*1+1D;2*1+1;;/hD13. The molecule has 0 aliphatic rings. The Balaban J connectivity index is -0.000000000827. The van der Waals surface area contributed by atoms with E-state index >= 15 is 0 Å². The normalized spacial score (nSPS) is 3.22. The maximum absolute atomic E-state index is 6.86. The monoisotopic (exact) mass is 2400 g/mol. The Kier molecular flexibility index (Phi) is 18300. The van der Waals surface area contributed by atoms with E-state index in [1.807, 2.05) is 0 Å². The van der Waals surface area contributed by atoms with Gasteiger partial charge in [0.1, 0.15) is 7.06 Å². The van der Waals surface area contributed by atoms with E-state index in [-0.39, 0.29) is 1160 Å². The van der Waals surface area contributed by atoms with Crippen molar-refractivity contribution >= 4 is 253 Å². The zero-order valence-corrected chi connectivity index (χ0v) is 84.4. The molecule has 0 rings (SSSR count). The second-order valence-electron chi connectivity index (χ2n) is 0.847. The van der Waals surface area contributed by atoms with E-state index in [0.717, 1.165) is 0 Å². The maximum Gasteiger partial charge on any atom is -0.443 e. The molecule has 0 fully saturated rings. The van der Waals surface area contributed by atoms with Crippen LogP contribution >= 0.6 is 0 Å². The Morgan fingerprint density at radius 1 is 0.276 bits per heavy atom. The molecule has 0 radical (unpaired) electrons. The summed E-state index contributed by atoms with van der Waals surface area (Å²) in [4.78, 5) is 0. The number of hydrogen-bond acceptors (Lipinski definition) is 14. The average molecular weight is 2400 g/mol. The predicted octanol–water partition coefficient (Wildman–Crippen LogP) is 22.8. The van der Waals surface area contributed by atoms with Gasteiger partial charge in [-0.05, 0) is 0 Å². The SMILES string of the molecule is C.C.C.C.C.C.C.C.C.C.C.C.C.C.C.C.C.C.C.C.C.C.C.C.C.C.C.C.C.C.C.C.C.C.C.C.C.C.C.C.C.C.C.C.C.C.C.C.C.C.C.C.C.C.C.C.C.C.C.C.C.C.C.C.C.C.C.C.C.C.C.C.C.C.C.C.C.C.C.C.C.C.C.[2HH].[2HH].[2H]N=NN([2H])N([2H])N[2H].[2H]N=NN([2H])N([2H])[2H].[2H]N=NN([2H])[2H].[2H]N[2H].[2H][2H].[2H][2H].[2H][2H].[2H][2H].[H-].[H-].[K+].[K+].[K+].[K+].[K+].[K+].[K+].[K+].[K+].[K+].[K][K].[K][K].[K][K].[K][K].[N-]=N.[N-]=N[NH-].[NH-]/N=N/[NH-]. The molecular weight excluding hydrogens is 2010 g/mol. The molecule has 0 saturated carbocycles. The first-order chi connectivity index (χ1) is 24.4. The molecular formula is C83H365K18N22+3. The summed E-state index contributed by atoms with van der Waals surface area (Å²) in [6.07, 6.45) is 1.25. The van der Waals surface area contributed by atoms with Gasteiger partial charge in [-0.15, -0.1) is 0 Å². The van der Waals surface area contributed by atoms with E-state index in [2.05, 4.69) is 42.7 Å². The second-order valence-corrected chi connectivity index (χ2v) is 0.847. The van der Waals surface area contributed by atoms with E-state index in [4.69, 9.17) is 64.4 Å². The maximum atomic E-state index is 6.86. The van der Waals surface area contributed by atoms with Gasteiger partial charge in [0.2, 0.25) is 7.06 Å². The molecule has 19 N–H and O–H groups in total. The van der Waals surface area contributed by atoms with Gasteiger partial charge >= 0.3 is 766 Å². The molecule has 0 bridgehead atoms. The van der Waals surface area contributed by atoms with Crippen LogP contribution in [0.3, 0.4) is 0 Å². The number of nitrogens with zero attached hydrogens (tertiary/aromatic N) is 8. The Morgan fingerprint density at radius 2 is 0.374 bits per heavy atom. The summed E-state index contributed by atoms with van der Waals surface area (Å²) in [5, 5.41) is 14.3. The van der Waals surface area contributed by atoms with Crippen molar-refractivity contribution in [2.24, 2.45) is 48.8 Å². The molecule has 0 aromatic rings. The van der Waals surface area contributed by atoms with Crippen LogP contribution in [0.4, 0.5) is 0 Å². The summed E-state index contributed by atoms with van der Waals surface area (Å²) in [6.45, 7) is 0. The van der Waals surface area contributed by atoms with Crippen molar-refractivity contribution < 1.29 is 550 Å². The molecule has 0 heterocycles. The third-order valence-corrected chi connectivity index (χ3v) is 0.175. The topological polar surface area (TPSA) is 435 Å². The van der Waals surface area contributed by atoms with Crippen molar-refractivity contribution in [1.29, 1.82) is 22.1 Å². The van der Waals surface area contributed by atoms with E-state index in [1.165, 1.54) is 265 Å². The molecule has 0 unspecified atom stereocenters. The van der Waals surface area contributed by atoms with Gasteiger partial charge in [0.15, 0.2) is 4.24 Å². The Morgan fingerprint density at radius 3 is 0.407 bits per heavy atom. The number of nitrogens with two attached hydrogens (primary N) is 3. The van der Waals surface area contributed by atoms with Gasteiger partial charge in [-0.3, -0.25) is 5.84 Å². The van der Waals surface area contributed by atoms with E-state index < -0.39 is 0 Å². The summed E-state index contributed by atoms with van der Waals surface area (Å²) >= 11 is 10.0. The van der Waals surface area contributed by atoms with Crippen LogP contribution in [-0.4, -0.2) is 253 Å². The fraction of sp³-hybridized carbons (Fsp3) is 1.00. The Labute approximate surface area is 1490 Å². The van der Waals surface area contributed by atoms with Crippen molar-refractivity contribution in [3.05, 3.63) is 28.6 Å². The van der Waals surface area contributed by atoms with Gasteiger partial charge < -0.3 is 64.6 Å². The Bertz CT molecular complexity index is 662. The second kappa shape index (κ2) is 2640. The van der Waals surface area contributed by atoms with Gasteiger partial charge in [0, 0.05) is 14.7 Å². The molecule has 40 heteroatoms. The molecule has 0 spiro atoms. The molecule has 0 atom stereocenters. The quantitative estimate of drug-likeness (QED) is 0.0528. The summed E-state index contributed by atoms with van der Waals surface area (Å²) in [5.74, 6) is 18.2. The largest absolute Gasteiger partial charge is 0.729 e. The summed E-state index contributed by atoms with van der Waals surface area (Å²) in [6, 6.07) is 0. The molecule has 0 amide bonds. The van der Waals surface area contributed by atoms with Crippen molar-refractivity contribution in [2.45, 2.75) is 616 Å². The van der Waals surface area contributed by atoms with Gasteiger partial charge in [-0.1, -0.05) is 632 Å². The number of rotatable bonds is 6. The van der Waals surface area contributed by atoms with Crippen molar-refractivity contribution in [2.75, 3.05) is 0 Å². The van der Waals surface area contributed by atoms with Crippen LogP contribution in [0.5, 0.6) is 0 Å². The van der Waals surface area contributed by atoms with Crippen LogP contribution in [0.15, 0.2) is 31.3 Å². The van der Waals surface area contributed by atoms with Gasteiger partial charge in [0.25, 0.3) is 0 Å². The van der Waals surface area contributed by atoms with Crippen molar-refractivity contribution in [3.8, 4) is 0 Å². The minimum atomic E-state index is -0.127. The van der Waals surface area contributed by atoms with Crippen LogP contribution in [0, 0.1) is 22.1 Å². The van der Waals surface area contributed by atoms with Crippen LogP contribution in [-0.2, 0) is 0 Å².